The third-order valence-corrected chi connectivity index (χ3v) is 4.22. The van der Waals surface area contributed by atoms with Crippen LogP contribution in [-0.4, -0.2) is 35.3 Å². The van der Waals surface area contributed by atoms with Crippen molar-refractivity contribution in [1.29, 1.82) is 0 Å². The number of aryl methyl sites for hydroxylation is 1. The molecule has 0 aliphatic heterocycles. The van der Waals surface area contributed by atoms with Crippen LogP contribution in [-0.2, 0) is 13.1 Å². The summed E-state index contributed by atoms with van der Waals surface area (Å²) in [4.78, 5) is 8.65. The zero-order chi connectivity index (χ0) is 19.9. The Morgan fingerprint density at radius 3 is 2.57 bits per heavy atom. The molecule has 3 aromatic rings. The minimum Gasteiger partial charge on any atom is -0.497 e. The van der Waals surface area contributed by atoms with Gasteiger partial charge in [-0.25, -0.2) is 9.37 Å². The summed E-state index contributed by atoms with van der Waals surface area (Å²) in [5.41, 5.74) is 2.36. The van der Waals surface area contributed by atoms with Crippen molar-refractivity contribution in [2.75, 3.05) is 14.2 Å². The second-order valence-corrected chi connectivity index (χ2v) is 6.20. The number of methoxy groups -OCH3 is 1. The van der Waals surface area contributed by atoms with Crippen LogP contribution >= 0.6 is 0 Å². The first-order valence-electron chi connectivity index (χ1n) is 8.84. The van der Waals surface area contributed by atoms with Crippen molar-refractivity contribution in [3.63, 3.8) is 0 Å². The molecule has 0 saturated heterocycles. The lowest BCUT2D eigenvalue weighted by atomic mass is 10.1. The van der Waals surface area contributed by atoms with Gasteiger partial charge in [0.1, 0.15) is 17.4 Å². The summed E-state index contributed by atoms with van der Waals surface area (Å²) >= 11 is 0. The Labute approximate surface area is 163 Å². The number of halogens is 1. The Hall–Kier alpha value is -3.42. The van der Waals surface area contributed by atoms with Gasteiger partial charge in [-0.3, -0.25) is 10.1 Å². The van der Waals surface area contributed by atoms with E-state index in [0.29, 0.717) is 36.3 Å². The second kappa shape index (κ2) is 8.98. The number of H-pyrrole nitrogens is 1. The number of nitrogens with one attached hydrogen (secondary N) is 3. The molecule has 0 aliphatic rings. The van der Waals surface area contributed by atoms with Gasteiger partial charge >= 0.3 is 0 Å². The van der Waals surface area contributed by atoms with Gasteiger partial charge in [0.25, 0.3) is 0 Å². The lowest BCUT2D eigenvalue weighted by Gasteiger charge is -2.11. The quantitative estimate of drug-likeness (QED) is 0.451. The van der Waals surface area contributed by atoms with Gasteiger partial charge in [0.05, 0.1) is 13.7 Å². The smallest absolute Gasteiger partial charge is 0.191 e. The van der Waals surface area contributed by atoms with Crippen LogP contribution in [0.15, 0.2) is 47.5 Å². The number of aliphatic imine (C=N–C) groups is 1. The molecular formula is C20H23FN6O. The highest BCUT2D eigenvalue weighted by Crippen LogP contribution is 2.18. The Bertz CT molecular complexity index is 952. The van der Waals surface area contributed by atoms with Crippen LogP contribution in [0, 0.1) is 12.7 Å². The van der Waals surface area contributed by atoms with Gasteiger partial charge in [-0.2, -0.15) is 5.10 Å². The fraction of sp³-hybridized carbons (Fsp3) is 0.250. The van der Waals surface area contributed by atoms with E-state index in [4.69, 9.17) is 4.74 Å². The molecule has 8 heteroatoms. The van der Waals surface area contributed by atoms with Gasteiger partial charge in [0.15, 0.2) is 11.8 Å². The third kappa shape index (κ3) is 4.85. The maximum atomic E-state index is 13.6. The number of benzene rings is 2. The van der Waals surface area contributed by atoms with E-state index < -0.39 is 0 Å². The van der Waals surface area contributed by atoms with Crippen LogP contribution < -0.4 is 15.4 Å². The number of aromatic amines is 1. The maximum absolute atomic E-state index is 13.6. The van der Waals surface area contributed by atoms with E-state index in [1.165, 1.54) is 6.07 Å². The van der Waals surface area contributed by atoms with E-state index in [2.05, 4.69) is 30.8 Å². The molecule has 0 atom stereocenters. The standard InChI is InChI=1S/C20H23FN6O/c1-13-4-5-14(10-17(13)21)11-23-20(22-2)24-12-18-25-19(27-26-18)15-6-8-16(28-3)9-7-15/h4-10H,11-12H2,1-3H3,(H2,22,23,24)(H,25,26,27). The summed E-state index contributed by atoms with van der Waals surface area (Å²) in [5.74, 6) is 2.44. The molecule has 2 aromatic carbocycles. The number of guanidine groups is 1. The topological polar surface area (TPSA) is 87.2 Å². The van der Waals surface area contributed by atoms with Crippen LogP contribution in [0.5, 0.6) is 5.75 Å². The number of hydrogen-bond acceptors (Lipinski definition) is 4. The van der Waals surface area contributed by atoms with Gasteiger partial charge in [-0.15, -0.1) is 0 Å². The molecule has 0 saturated carbocycles. The second-order valence-electron chi connectivity index (χ2n) is 6.20. The Kier molecular flexibility index (Phi) is 6.21. The molecule has 0 bridgehead atoms. The van der Waals surface area contributed by atoms with Crippen LogP contribution in [0.4, 0.5) is 4.39 Å². The highest BCUT2D eigenvalue weighted by Gasteiger charge is 2.07. The molecular weight excluding hydrogens is 359 g/mol. The molecule has 146 valence electrons. The molecule has 28 heavy (non-hydrogen) atoms. The summed E-state index contributed by atoms with van der Waals surface area (Å²) in [6.45, 7) is 2.63. The summed E-state index contributed by atoms with van der Waals surface area (Å²) in [7, 11) is 3.30. The number of ether oxygens (including phenoxy) is 1. The maximum Gasteiger partial charge on any atom is 0.191 e. The number of rotatable bonds is 6. The van der Waals surface area contributed by atoms with E-state index in [-0.39, 0.29) is 5.82 Å². The predicted octanol–water partition coefficient (Wildman–Crippen LogP) is 2.79. The SMILES string of the molecule is CN=C(NCc1ccc(C)c(F)c1)NCc1nc(-c2ccc(OC)cc2)n[nH]1. The molecule has 3 rings (SSSR count). The fourth-order valence-electron chi connectivity index (χ4n) is 2.56. The largest absolute Gasteiger partial charge is 0.497 e. The van der Waals surface area contributed by atoms with Gasteiger partial charge in [0, 0.05) is 19.2 Å². The lowest BCUT2D eigenvalue weighted by molar-refractivity contribution is 0.415. The van der Waals surface area contributed by atoms with Gasteiger partial charge in [0.2, 0.25) is 0 Å². The molecule has 1 heterocycles. The van der Waals surface area contributed by atoms with Gasteiger partial charge in [-0.1, -0.05) is 12.1 Å². The first-order valence-corrected chi connectivity index (χ1v) is 8.84. The molecule has 0 fully saturated rings. The van der Waals surface area contributed by atoms with Crippen molar-refractivity contribution in [3.05, 3.63) is 65.2 Å². The van der Waals surface area contributed by atoms with E-state index >= 15 is 0 Å². The van der Waals surface area contributed by atoms with Crippen molar-refractivity contribution >= 4 is 5.96 Å². The Morgan fingerprint density at radius 2 is 1.89 bits per heavy atom. The van der Waals surface area contributed by atoms with Crippen molar-refractivity contribution in [3.8, 4) is 17.1 Å². The highest BCUT2D eigenvalue weighted by atomic mass is 19.1. The lowest BCUT2D eigenvalue weighted by Crippen LogP contribution is -2.36. The molecule has 3 N–H and O–H groups in total. The van der Waals surface area contributed by atoms with Crippen LogP contribution in [0.3, 0.4) is 0 Å². The molecule has 0 radical (unpaired) electrons. The van der Waals surface area contributed by atoms with Gasteiger partial charge in [-0.05, 0) is 48.4 Å². The zero-order valence-corrected chi connectivity index (χ0v) is 16.1. The number of nitrogens with zero attached hydrogens (tertiary/aromatic N) is 3. The molecule has 7 nitrogen and oxygen atoms in total. The predicted molar refractivity (Wildman–Crippen MR) is 107 cm³/mol. The average molecular weight is 382 g/mol. The molecule has 0 spiro atoms. The summed E-state index contributed by atoms with van der Waals surface area (Å²) < 4.78 is 18.8. The fourth-order valence-corrected chi connectivity index (χ4v) is 2.56. The van der Waals surface area contributed by atoms with E-state index in [0.717, 1.165) is 16.9 Å². The number of aromatic nitrogens is 3. The van der Waals surface area contributed by atoms with Crippen molar-refractivity contribution < 1.29 is 9.13 Å². The van der Waals surface area contributed by atoms with Crippen molar-refractivity contribution in [1.82, 2.24) is 25.8 Å². The van der Waals surface area contributed by atoms with Crippen LogP contribution in [0.25, 0.3) is 11.4 Å². The van der Waals surface area contributed by atoms with Crippen molar-refractivity contribution in [2.24, 2.45) is 4.99 Å². The summed E-state index contributed by atoms with van der Waals surface area (Å²) in [5, 5.41) is 13.5. The minimum absolute atomic E-state index is 0.213. The summed E-state index contributed by atoms with van der Waals surface area (Å²) in [6.07, 6.45) is 0. The zero-order valence-electron chi connectivity index (χ0n) is 16.1. The minimum atomic E-state index is -0.213. The van der Waals surface area contributed by atoms with E-state index in [1.54, 1.807) is 27.1 Å². The van der Waals surface area contributed by atoms with Crippen molar-refractivity contribution in [2.45, 2.75) is 20.0 Å². The van der Waals surface area contributed by atoms with Crippen LogP contribution in [0.2, 0.25) is 0 Å². The van der Waals surface area contributed by atoms with Gasteiger partial charge < -0.3 is 15.4 Å². The molecule has 0 aliphatic carbocycles. The van der Waals surface area contributed by atoms with E-state index in [9.17, 15) is 4.39 Å². The highest BCUT2D eigenvalue weighted by molar-refractivity contribution is 5.79. The third-order valence-electron chi connectivity index (χ3n) is 4.22. The first kappa shape index (κ1) is 19.3. The van der Waals surface area contributed by atoms with E-state index in [1.807, 2.05) is 30.3 Å². The number of hydrogen-bond donors (Lipinski definition) is 3. The molecule has 0 unspecified atom stereocenters. The summed E-state index contributed by atoms with van der Waals surface area (Å²) in [6, 6.07) is 12.7. The monoisotopic (exact) mass is 382 g/mol. The Morgan fingerprint density at radius 1 is 1.14 bits per heavy atom. The molecule has 1 aromatic heterocycles. The van der Waals surface area contributed by atoms with Crippen LogP contribution in [0.1, 0.15) is 17.0 Å². The Balaban J connectivity index is 1.55. The normalized spacial score (nSPS) is 11.4. The first-order chi connectivity index (χ1) is 13.6. The molecule has 0 amide bonds. The average Bonchev–Trinajstić information content (AvgIpc) is 3.20.